The van der Waals surface area contributed by atoms with E-state index < -0.39 is 11.2 Å². The summed E-state index contributed by atoms with van der Waals surface area (Å²) >= 11 is 5.94. The normalized spacial score (nSPS) is 10.7. The average Bonchev–Trinajstić information content (AvgIpc) is 3.03. The van der Waals surface area contributed by atoms with Crippen molar-refractivity contribution >= 4 is 17.4 Å². The number of benzene rings is 1. The fourth-order valence-electron chi connectivity index (χ4n) is 2.23. The first-order chi connectivity index (χ1) is 12.4. The van der Waals surface area contributed by atoms with Crippen LogP contribution in [0.4, 0.5) is 0 Å². The molecule has 8 nitrogen and oxygen atoms in total. The topological polar surface area (TPSA) is 107 Å². The van der Waals surface area contributed by atoms with Crippen molar-refractivity contribution < 1.29 is 19.1 Å². The smallest absolute Gasteiger partial charge is 0.226 e. The number of hydrogen-bond acceptors (Lipinski definition) is 7. The van der Waals surface area contributed by atoms with Gasteiger partial charge in [0.05, 0.1) is 11.8 Å². The minimum absolute atomic E-state index is 0.0835. The molecule has 3 aromatic rings. The van der Waals surface area contributed by atoms with Crippen LogP contribution in [-0.4, -0.2) is 25.9 Å². The molecule has 2 aromatic heterocycles. The molecule has 0 unspecified atom stereocenters. The first-order valence-electron chi connectivity index (χ1n) is 7.55. The molecular formula is C17H14ClN3O5. The number of Topliss-reactive ketones (excluding diaryl/α,β-unsaturated/α-hetero) is 1. The molecule has 1 N–H and O–H groups in total. The summed E-state index contributed by atoms with van der Waals surface area (Å²) in [7, 11) is 0. The number of hydrogen-bond donors (Lipinski definition) is 1. The molecule has 0 spiro atoms. The van der Waals surface area contributed by atoms with E-state index in [1.807, 2.05) is 0 Å². The molecule has 0 fully saturated rings. The molecule has 0 aliphatic rings. The van der Waals surface area contributed by atoms with Crippen molar-refractivity contribution in [2.75, 3.05) is 0 Å². The molecular weight excluding hydrogens is 362 g/mol. The summed E-state index contributed by atoms with van der Waals surface area (Å²) in [6, 6.07) is 5.96. The third-order valence-electron chi connectivity index (χ3n) is 3.47. The largest absolute Gasteiger partial charge is 0.502 e. The average molecular weight is 376 g/mol. The fourth-order valence-corrected chi connectivity index (χ4v) is 2.39. The minimum Gasteiger partial charge on any atom is -0.502 e. The van der Waals surface area contributed by atoms with Gasteiger partial charge in [-0.05, 0) is 25.1 Å². The molecule has 26 heavy (non-hydrogen) atoms. The Morgan fingerprint density at radius 2 is 2.19 bits per heavy atom. The minimum atomic E-state index is -0.535. The van der Waals surface area contributed by atoms with Crippen LogP contribution in [0.5, 0.6) is 11.5 Å². The van der Waals surface area contributed by atoms with E-state index in [0.717, 1.165) is 6.26 Å². The number of carbonyl (C=O) groups is 1. The molecule has 134 valence electrons. The SMILES string of the molecule is CC(=O)c1ccc(Cl)cc1OCc1cn(Cc2cc(=O)c(O)co2)nn1. The second-order valence-electron chi connectivity index (χ2n) is 5.49. The summed E-state index contributed by atoms with van der Waals surface area (Å²) in [4.78, 5) is 23.0. The zero-order valence-corrected chi connectivity index (χ0v) is 14.4. The molecule has 1 aromatic carbocycles. The number of ether oxygens (including phenoxy) is 1. The van der Waals surface area contributed by atoms with Crippen LogP contribution in [-0.2, 0) is 13.2 Å². The lowest BCUT2D eigenvalue weighted by Gasteiger charge is -2.08. The van der Waals surface area contributed by atoms with E-state index in [4.69, 9.17) is 20.8 Å². The van der Waals surface area contributed by atoms with E-state index >= 15 is 0 Å². The highest BCUT2D eigenvalue weighted by molar-refractivity contribution is 6.30. The third-order valence-corrected chi connectivity index (χ3v) is 3.70. The molecule has 0 radical (unpaired) electrons. The maximum atomic E-state index is 11.6. The Morgan fingerprint density at radius 1 is 1.38 bits per heavy atom. The predicted molar refractivity (Wildman–Crippen MR) is 91.6 cm³/mol. The fraction of sp³-hybridized carbons (Fsp3) is 0.176. The summed E-state index contributed by atoms with van der Waals surface area (Å²) in [5.74, 6) is 0.0925. The van der Waals surface area contributed by atoms with Crippen LogP contribution in [0, 0.1) is 0 Å². The summed E-state index contributed by atoms with van der Waals surface area (Å²) in [5.41, 5.74) is 0.404. The highest BCUT2D eigenvalue weighted by Crippen LogP contribution is 2.24. The van der Waals surface area contributed by atoms with Crippen molar-refractivity contribution in [1.29, 1.82) is 0 Å². The third kappa shape index (κ3) is 4.09. The highest BCUT2D eigenvalue weighted by atomic mass is 35.5. The van der Waals surface area contributed by atoms with E-state index in [-0.39, 0.29) is 18.9 Å². The van der Waals surface area contributed by atoms with Crippen molar-refractivity contribution in [2.24, 2.45) is 0 Å². The second-order valence-corrected chi connectivity index (χ2v) is 5.93. The predicted octanol–water partition coefficient (Wildman–Crippen LogP) is 2.42. The number of rotatable bonds is 6. The van der Waals surface area contributed by atoms with Crippen LogP contribution in [0.3, 0.4) is 0 Å². The Hall–Kier alpha value is -3.13. The summed E-state index contributed by atoms with van der Waals surface area (Å²) in [5, 5.41) is 17.5. The van der Waals surface area contributed by atoms with Crippen LogP contribution in [0.15, 0.2) is 45.9 Å². The van der Waals surface area contributed by atoms with E-state index in [1.165, 1.54) is 17.7 Å². The van der Waals surface area contributed by atoms with Crippen molar-refractivity contribution in [3.63, 3.8) is 0 Å². The van der Waals surface area contributed by atoms with Crippen molar-refractivity contribution in [2.45, 2.75) is 20.1 Å². The summed E-state index contributed by atoms with van der Waals surface area (Å²) < 4.78 is 12.2. The molecule has 0 bridgehead atoms. The molecule has 0 aliphatic carbocycles. The van der Waals surface area contributed by atoms with Crippen molar-refractivity contribution in [3.05, 3.63) is 69.0 Å². The Morgan fingerprint density at radius 3 is 2.92 bits per heavy atom. The Balaban J connectivity index is 1.69. The zero-order valence-electron chi connectivity index (χ0n) is 13.7. The maximum absolute atomic E-state index is 11.6. The molecule has 0 aliphatic heterocycles. The first kappa shape index (κ1) is 17.7. The number of aromatic hydroxyl groups is 1. The van der Waals surface area contributed by atoms with Gasteiger partial charge in [-0.3, -0.25) is 9.59 Å². The van der Waals surface area contributed by atoms with Crippen molar-refractivity contribution in [1.82, 2.24) is 15.0 Å². The zero-order chi connectivity index (χ0) is 18.7. The molecule has 2 heterocycles. The maximum Gasteiger partial charge on any atom is 0.226 e. The van der Waals surface area contributed by atoms with Crippen LogP contribution in [0.25, 0.3) is 0 Å². The lowest BCUT2D eigenvalue weighted by atomic mass is 10.1. The van der Waals surface area contributed by atoms with Gasteiger partial charge in [0.25, 0.3) is 0 Å². The second kappa shape index (κ2) is 7.40. The van der Waals surface area contributed by atoms with Crippen LogP contribution in [0.1, 0.15) is 28.7 Å². The highest BCUT2D eigenvalue weighted by Gasteiger charge is 2.11. The standard InChI is InChI=1S/C17H14ClN3O5/c1-10(22)14-3-2-11(18)4-17(14)26-8-12-6-21(20-19-12)7-13-5-15(23)16(24)9-25-13/h2-6,9,24H,7-8H2,1H3. The molecule has 0 saturated carbocycles. The Bertz CT molecular complexity index is 1010. The van der Waals surface area contributed by atoms with Crippen LogP contribution in [0.2, 0.25) is 5.02 Å². The van der Waals surface area contributed by atoms with E-state index in [2.05, 4.69) is 10.3 Å². The van der Waals surface area contributed by atoms with E-state index in [9.17, 15) is 14.7 Å². The van der Waals surface area contributed by atoms with Gasteiger partial charge < -0.3 is 14.3 Å². The van der Waals surface area contributed by atoms with Gasteiger partial charge in [0.1, 0.15) is 36.6 Å². The van der Waals surface area contributed by atoms with Crippen LogP contribution >= 0.6 is 11.6 Å². The number of halogens is 1. The van der Waals surface area contributed by atoms with Gasteiger partial charge in [-0.15, -0.1) is 5.10 Å². The van der Waals surface area contributed by atoms with Gasteiger partial charge in [0.15, 0.2) is 11.5 Å². The Labute approximate surface area is 152 Å². The summed E-state index contributed by atoms with van der Waals surface area (Å²) in [6.07, 6.45) is 2.59. The molecule has 0 amide bonds. The van der Waals surface area contributed by atoms with Crippen LogP contribution < -0.4 is 10.2 Å². The van der Waals surface area contributed by atoms with Gasteiger partial charge in [0.2, 0.25) is 5.43 Å². The first-order valence-corrected chi connectivity index (χ1v) is 7.93. The molecule has 9 heteroatoms. The lowest BCUT2D eigenvalue weighted by molar-refractivity contribution is 0.101. The van der Waals surface area contributed by atoms with Gasteiger partial charge in [-0.25, -0.2) is 4.68 Å². The molecule has 0 atom stereocenters. The number of ketones is 1. The van der Waals surface area contributed by atoms with E-state index in [0.29, 0.717) is 27.8 Å². The van der Waals surface area contributed by atoms with Crippen molar-refractivity contribution in [3.8, 4) is 11.5 Å². The summed E-state index contributed by atoms with van der Waals surface area (Å²) in [6.45, 7) is 1.69. The van der Waals surface area contributed by atoms with Gasteiger partial charge in [-0.2, -0.15) is 0 Å². The number of carbonyl (C=O) groups excluding carboxylic acids is 1. The van der Waals surface area contributed by atoms with Gasteiger partial charge in [0, 0.05) is 11.1 Å². The molecule has 0 saturated heterocycles. The number of aromatic nitrogens is 3. The monoisotopic (exact) mass is 375 g/mol. The quantitative estimate of drug-likeness (QED) is 0.659. The van der Waals surface area contributed by atoms with E-state index in [1.54, 1.807) is 24.4 Å². The Kier molecular flexibility index (Phi) is 5.04. The lowest BCUT2D eigenvalue weighted by Crippen LogP contribution is -2.05. The van der Waals surface area contributed by atoms with Gasteiger partial charge >= 0.3 is 0 Å². The molecule has 3 rings (SSSR count). The van der Waals surface area contributed by atoms with Gasteiger partial charge in [-0.1, -0.05) is 16.8 Å². The number of nitrogens with zero attached hydrogens (tertiary/aromatic N) is 3.